The smallest absolute Gasteiger partial charge is 0.200 e. The molecular weight excluding hydrogens is 236 g/mol. The third kappa shape index (κ3) is 1.92. The molecule has 2 aromatic rings. The Morgan fingerprint density at radius 1 is 1.21 bits per heavy atom. The van der Waals surface area contributed by atoms with Gasteiger partial charge in [0.15, 0.2) is 6.61 Å². The molecule has 0 amide bonds. The van der Waals surface area contributed by atoms with Gasteiger partial charge in [-0.15, -0.1) is 0 Å². The molecule has 98 valence electrons. The van der Waals surface area contributed by atoms with E-state index in [1.165, 1.54) is 23.8 Å². The van der Waals surface area contributed by atoms with Crippen molar-refractivity contribution < 1.29 is 9.53 Å². The standard InChI is InChI=1S/C17H18O2/c1-3-4-5-12-7-9-14-15(18)10-19-17-11(2)6-8-13(12)16(14)17/h6-9H,3-5,10H2,1-2H3. The number of aryl methyl sites for hydroxylation is 2. The Bertz CT molecular complexity index is 656. The minimum atomic E-state index is 0.0881. The van der Waals surface area contributed by atoms with E-state index in [9.17, 15) is 4.79 Å². The summed E-state index contributed by atoms with van der Waals surface area (Å²) in [7, 11) is 0. The van der Waals surface area contributed by atoms with Gasteiger partial charge in [0.1, 0.15) is 5.75 Å². The lowest BCUT2D eigenvalue weighted by Gasteiger charge is -2.21. The zero-order chi connectivity index (χ0) is 13.4. The van der Waals surface area contributed by atoms with E-state index in [2.05, 4.69) is 25.1 Å². The number of benzene rings is 2. The molecule has 0 N–H and O–H groups in total. The maximum Gasteiger partial charge on any atom is 0.200 e. The fourth-order valence-corrected chi connectivity index (χ4v) is 2.80. The number of rotatable bonds is 3. The van der Waals surface area contributed by atoms with Gasteiger partial charge in [-0.3, -0.25) is 4.79 Å². The predicted octanol–water partition coefficient (Wildman–Crippen LogP) is 4.07. The van der Waals surface area contributed by atoms with E-state index in [1.807, 2.05) is 13.0 Å². The van der Waals surface area contributed by atoms with Crippen LogP contribution in [0.4, 0.5) is 0 Å². The summed E-state index contributed by atoms with van der Waals surface area (Å²) in [6, 6.07) is 8.30. The van der Waals surface area contributed by atoms with E-state index in [0.29, 0.717) is 0 Å². The van der Waals surface area contributed by atoms with Crippen molar-refractivity contribution in [1.82, 2.24) is 0 Å². The quantitative estimate of drug-likeness (QED) is 0.825. The number of Topliss-reactive ketones (excluding diaryl/α,β-unsaturated/α-hetero) is 1. The predicted molar refractivity (Wildman–Crippen MR) is 77.1 cm³/mol. The first-order chi connectivity index (χ1) is 9.22. The zero-order valence-electron chi connectivity index (χ0n) is 11.5. The number of carbonyl (C=O) groups is 1. The van der Waals surface area contributed by atoms with Crippen molar-refractivity contribution in [2.24, 2.45) is 0 Å². The molecule has 0 aliphatic carbocycles. The second kappa shape index (κ2) is 4.69. The number of carbonyl (C=O) groups excluding carboxylic acids is 1. The second-order valence-electron chi connectivity index (χ2n) is 5.22. The molecule has 3 rings (SSSR count). The summed E-state index contributed by atoms with van der Waals surface area (Å²) in [5, 5.41) is 2.20. The molecule has 19 heavy (non-hydrogen) atoms. The van der Waals surface area contributed by atoms with Crippen molar-refractivity contribution in [3.8, 4) is 5.75 Å². The SMILES string of the molecule is CCCCc1ccc2c3c(c(C)ccc13)OCC2=O. The van der Waals surface area contributed by atoms with Crippen LogP contribution in [0.3, 0.4) is 0 Å². The van der Waals surface area contributed by atoms with Crippen LogP contribution in [0.25, 0.3) is 10.8 Å². The van der Waals surface area contributed by atoms with Crippen LogP contribution in [-0.2, 0) is 6.42 Å². The third-order valence-corrected chi connectivity index (χ3v) is 3.87. The molecule has 0 saturated carbocycles. The molecule has 2 heteroatoms. The van der Waals surface area contributed by atoms with E-state index >= 15 is 0 Å². The topological polar surface area (TPSA) is 26.3 Å². The normalized spacial score (nSPS) is 13.7. The molecule has 0 bridgehead atoms. The monoisotopic (exact) mass is 254 g/mol. The molecule has 0 fully saturated rings. The summed E-state index contributed by atoms with van der Waals surface area (Å²) in [6.45, 7) is 4.40. The zero-order valence-corrected chi connectivity index (χ0v) is 11.5. The lowest BCUT2D eigenvalue weighted by atomic mass is 9.91. The molecule has 2 aromatic carbocycles. The van der Waals surface area contributed by atoms with Crippen molar-refractivity contribution in [2.45, 2.75) is 33.1 Å². The van der Waals surface area contributed by atoms with Crippen LogP contribution in [0.5, 0.6) is 5.75 Å². The Hall–Kier alpha value is -1.83. The van der Waals surface area contributed by atoms with Crippen LogP contribution in [0, 0.1) is 6.92 Å². The van der Waals surface area contributed by atoms with Gasteiger partial charge < -0.3 is 4.74 Å². The van der Waals surface area contributed by atoms with Crippen LogP contribution in [0.2, 0.25) is 0 Å². The molecule has 0 unspecified atom stereocenters. The Morgan fingerprint density at radius 2 is 2.05 bits per heavy atom. The number of ketones is 1. The van der Waals surface area contributed by atoms with Gasteiger partial charge in [-0.05, 0) is 36.3 Å². The van der Waals surface area contributed by atoms with Gasteiger partial charge in [-0.25, -0.2) is 0 Å². The highest BCUT2D eigenvalue weighted by Crippen LogP contribution is 2.37. The minimum absolute atomic E-state index is 0.0881. The van der Waals surface area contributed by atoms with Crippen LogP contribution in [-0.4, -0.2) is 12.4 Å². The molecule has 1 aliphatic rings. The lowest BCUT2D eigenvalue weighted by molar-refractivity contribution is 0.0914. The fourth-order valence-electron chi connectivity index (χ4n) is 2.80. The van der Waals surface area contributed by atoms with Crippen molar-refractivity contribution in [3.63, 3.8) is 0 Å². The van der Waals surface area contributed by atoms with Gasteiger partial charge in [0.05, 0.1) is 0 Å². The van der Waals surface area contributed by atoms with E-state index in [0.717, 1.165) is 28.7 Å². The summed E-state index contributed by atoms with van der Waals surface area (Å²) in [4.78, 5) is 12.0. The Morgan fingerprint density at radius 3 is 2.84 bits per heavy atom. The van der Waals surface area contributed by atoms with Gasteiger partial charge in [0.25, 0.3) is 0 Å². The largest absolute Gasteiger partial charge is 0.484 e. The van der Waals surface area contributed by atoms with E-state index in [4.69, 9.17) is 4.74 Å². The Balaban J connectivity index is 2.28. The second-order valence-corrected chi connectivity index (χ2v) is 5.22. The molecule has 0 saturated heterocycles. The maximum atomic E-state index is 12.0. The molecule has 1 heterocycles. The van der Waals surface area contributed by atoms with Gasteiger partial charge in [-0.1, -0.05) is 37.6 Å². The summed E-state index contributed by atoms with van der Waals surface area (Å²) < 4.78 is 5.65. The molecular formula is C17H18O2. The number of hydrogen-bond acceptors (Lipinski definition) is 2. The number of unbranched alkanes of at least 4 members (excludes halogenated alkanes) is 1. The van der Waals surface area contributed by atoms with Gasteiger partial charge in [-0.2, -0.15) is 0 Å². The van der Waals surface area contributed by atoms with Crippen molar-refractivity contribution in [3.05, 3.63) is 41.0 Å². The molecule has 0 radical (unpaired) electrons. The van der Waals surface area contributed by atoms with Gasteiger partial charge in [0.2, 0.25) is 5.78 Å². The minimum Gasteiger partial charge on any atom is -0.484 e. The Kier molecular flexibility index (Phi) is 3.02. The average molecular weight is 254 g/mol. The van der Waals surface area contributed by atoms with Crippen molar-refractivity contribution >= 4 is 16.6 Å². The Labute approximate surface area is 113 Å². The van der Waals surface area contributed by atoms with Crippen LogP contribution in [0.15, 0.2) is 24.3 Å². The molecule has 2 nitrogen and oxygen atoms in total. The fraction of sp³-hybridized carbons (Fsp3) is 0.353. The highest BCUT2D eigenvalue weighted by Gasteiger charge is 2.22. The highest BCUT2D eigenvalue weighted by molar-refractivity contribution is 6.13. The number of hydrogen-bond donors (Lipinski definition) is 0. The van der Waals surface area contributed by atoms with Gasteiger partial charge >= 0.3 is 0 Å². The van der Waals surface area contributed by atoms with Crippen LogP contribution in [0.1, 0.15) is 41.3 Å². The van der Waals surface area contributed by atoms with E-state index in [-0.39, 0.29) is 12.4 Å². The molecule has 0 atom stereocenters. The van der Waals surface area contributed by atoms with E-state index in [1.54, 1.807) is 0 Å². The first-order valence-corrected chi connectivity index (χ1v) is 6.93. The first-order valence-electron chi connectivity index (χ1n) is 6.93. The average Bonchev–Trinajstić information content (AvgIpc) is 2.43. The summed E-state index contributed by atoms with van der Waals surface area (Å²) >= 11 is 0. The van der Waals surface area contributed by atoms with Crippen molar-refractivity contribution in [1.29, 1.82) is 0 Å². The molecule has 0 spiro atoms. The molecule has 1 aliphatic heterocycles. The number of ether oxygens (including phenoxy) is 1. The maximum absolute atomic E-state index is 12.0. The highest BCUT2D eigenvalue weighted by atomic mass is 16.5. The summed E-state index contributed by atoms with van der Waals surface area (Å²) in [5.74, 6) is 0.982. The summed E-state index contributed by atoms with van der Waals surface area (Å²) in [5.41, 5.74) is 3.24. The summed E-state index contributed by atoms with van der Waals surface area (Å²) in [6.07, 6.45) is 3.41. The van der Waals surface area contributed by atoms with Crippen LogP contribution < -0.4 is 4.74 Å². The van der Waals surface area contributed by atoms with E-state index < -0.39 is 0 Å². The van der Waals surface area contributed by atoms with Crippen molar-refractivity contribution in [2.75, 3.05) is 6.61 Å². The molecule has 0 aromatic heterocycles. The first kappa shape index (κ1) is 12.2. The van der Waals surface area contributed by atoms with Crippen LogP contribution >= 0.6 is 0 Å². The lowest BCUT2D eigenvalue weighted by Crippen LogP contribution is -2.18. The third-order valence-electron chi connectivity index (χ3n) is 3.87. The van der Waals surface area contributed by atoms with Gasteiger partial charge in [0, 0.05) is 10.9 Å².